The third kappa shape index (κ3) is 1.85. The third-order valence-corrected chi connectivity index (χ3v) is 1.04. The molecule has 0 saturated carbocycles. The Hall–Kier alpha value is -0.830. The molecule has 0 radical (unpaired) electrons. The molecular formula is C6H11N3. The molecule has 1 heterocycles. The lowest BCUT2D eigenvalue weighted by molar-refractivity contribution is 0.476. The third-order valence-electron chi connectivity index (χ3n) is 1.04. The number of hydrogen-bond donors (Lipinski definition) is 2. The second-order valence-corrected chi connectivity index (χ2v) is 2.58. The first-order chi connectivity index (χ1) is 4.21. The molecule has 0 aromatic rings. The van der Waals surface area contributed by atoms with Crippen LogP contribution in [0.15, 0.2) is 17.4 Å². The lowest BCUT2D eigenvalue weighted by Crippen LogP contribution is -2.46. The summed E-state index contributed by atoms with van der Waals surface area (Å²) in [7, 11) is 0. The van der Waals surface area contributed by atoms with E-state index in [-0.39, 0.29) is 5.54 Å². The highest BCUT2D eigenvalue weighted by Crippen LogP contribution is 1.97. The molecule has 2 N–H and O–H groups in total. The number of hydrazine groups is 1. The lowest BCUT2D eigenvalue weighted by atomic mass is 10.1. The van der Waals surface area contributed by atoms with E-state index in [9.17, 15) is 0 Å². The van der Waals surface area contributed by atoms with Crippen molar-refractivity contribution in [3.05, 3.63) is 12.4 Å². The van der Waals surface area contributed by atoms with Gasteiger partial charge in [0.1, 0.15) is 0 Å². The van der Waals surface area contributed by atoms with Gasteiger partial charge in [0.2, 0.25) is 0 Å². The van der Waals surface area contributed by atoms with E-state index in [1.807, 2.05) is 20.1 Å². The van der Waals surface area contributed by atoms with Crippen molar-refractivity contribution in [2.45, 2.75) is 19.4 Å². The van der Waals surface area contributed by atoms with Gasteiger partial charge in [-0.1, -0.05) is 0 Å². The van der Waals surface area contributed by atoms with Crippen LogP contribution in [0.5, 0.6) is 0 Å². The molecule has 0 bridgehead atoms. The number of aliphatic imine (C=N–C) groups is 1. The van der Waals surface area contributed by atoms with Crippen LogP contribution in [0.2, 0.25) is 0 Å². The largest absolute Gasteiger partial charge is 0.326 e. The van der Waals surface area contributed by atoms with Crippen molar-refractivity contribution in [3.8, 4) is 0 Å². The topological polar surface area (TPSA) is 36.4 Å². The van der Waals surface area contributed by atoms with Crippen LogP contribution >= 0.6 is 0 Å². The zero-order valence-electron chi connectivity index (χ0n) is 5.68. The fraction of sp³-hybridized carbons (Fsp3) is 0.500. The molecule has 9 heavy (non-hydrogen) atoms. The fourth-order valence-electron chi connectivity index (χ4n) is 0.570. The molecule has 0 fully saturated rings. The number of hydrogen-bond acceptors (Lipinski definition) is 3. The normalized spacial score (nSPS) is 22.9. The minimum Gasteiger partial charge on any atom is -0.326 e. The molecule has 0 saturated heterocycles. The van der Waals surface area contributed by atoms with Gasteiger partial charge in [-0.25, -0.2) is 5.43 Å². The molecule has 0 aromatic heterocycles. The quantitative estimate of drug-likeness (QED) is 0.492. The van der Waals surface area contributed by atoms with Crippen LogP contribution in [-0.2, 0) is 0 Å². The molecule has 0 unspecified atom stereocenters. The highest BCUT2D eigenvalue weighted by molar-refractivity contribution is 5.69. The summed E-state index contributed by atoms with van der Waals surface area (Å²) in [6.07, 6.45) is 5.32. The fourth-order valence-corrected chi connectivity index (χ4v) is 0.570. The van der Waals surface area contributed by atoms with Crippen LogP contribution in [0.1, 0.15) is 13.8 Å². The van der Waals surface area contributed by atoms with Gasteiger partial charge in [-0.05, 0) is 13.8 Å². The Morgan fingerprint density at radius 3 is 3.00 bits per heavy atom. The maximum atomic E-state index is 3.99. The zero-order chi connectivity index (χ0) is 6.74. The van der Waals surface area contributed by atoms with Gasteiger partial charge in [-0.2, -0.15) is 0 Å². The summed E-state index contributed by atoms with van der Waals surface area (Å²) in [5.41, 5.74) is 5.86. The number of rotatable bonds is 0. The Morgan fingerprint density at radius 2 is 2.22 bits per heavy atom. The second kappa shape index (κ2) is 2.19. The van der Waals surface area contributed by atoms with Gasteiger partial charge in [0, 0.05) is 18.6 Å². The van der Waals surface area contributed by atoms with Crippen molar-refractivity contribution < 1.29 is 0 Å². The first kappa shape index (κ1) is 6.29. The average Bonchev–Trinajstić information content (AvgIpc) is 1.92. The minimum atomic E-state index is -0.0521. The van der Waals surface area contributed by atoms with Crippen molar-refractivity contribution in [1.29, 1.82) is 0 Å². The molecule has 1 rings (SSSR count). The van der Waals surface area contributed by atoms with Crippen LogP contribution in [0.25, 0.3) is 0 Å². The highest BCUT2D eigenvalue weighted by Gasteiger charge is 2.12. The van der Waals surface area contributed by atoms with Gasteiger partial charge in [-0.15, -0.1) is 0 Å². The van der Waals surface area contributed by atoms with E-state index in [2.05, 4.69) is 15.8 Å². The minimum absolute atomic E-state index is 0.0521. The van der Waals surface area contributed by atoms with Crippen molar-refractivity contribution in [1.82, 2.24) is 10.9 Å². The van der Waals surface area contributed by atoms with Crippen molar-refractivity contribution >= 4 is 6.21 Å². The van der Waals surface area contributed by atoms with Gasteiger partial charge >= 0.3 is 0 Å². The second-order valence-electron chi connectivity index (χ2n) is 2.58. The molecule has 0 aromatic carbocycles. The monoisotopic (exact) mass is 125 g/mol. The Kier molecular flexibility index (Phi) is 1.53. The van der Waals surface area contributed by atoms with Crippen molar-refractivity contribution in [2.24, 2.45) is 4.99 Å². The molecule has 0 amide bonds. The summed E-state index contributed by atoms with van der Waals surface area (Å²) in [4.78, 5) is 3.99. The Morgan fingerprint density at radius 1 is 1.44 bits per heavy atom. The summed E-state index contributed by atoms with van der Waals surface area (Å²) in [6, 6.07) is 0. The first-order valence-electron chi connectivity index (χ1n) is 2.93. The van der Waals surface area contributed by atoms with Gasteiger partial charge < -0.3 is 5.43 Å². The van der Waals surface area contributed by atoms with E-state index in [0.29, 0.717) is 0 Å². The summed E-state index contributed by atoms with van der Waals surface area (Å²) < 4.78 is 0. The molecule has 3 nitrogen and oxygen atoms in total. The average molecular weight is 125 g/mol. The molecule has 0 atom stereocenters. The number of nitrogens with one attached hydrogen (secondary N) is 2. The van der Waals surface area contributed by atoms with Crippen LogP contribution in [0.4, 0.5) is 0 Å². The van der Waals surface area contributed by atoms with Gasteiger partial charge in [-0.3, -0.25) is 4.99 Å². The van der Waals surface area contributed by atoms with Crippen LogP contribution in [0, 0.1) is 0 Å². The SMILES string of the molecule is CC1(C)C=NC=CNN1. The van der Waals surface area contributed by atoms with E-state index in [1.54, 1.807) is 12.4 Å². The standard InChI is InChI=1S/C6H11N3/c1-6(2)5-7-3-4-8-9-6/h3-5,8-9H,1-2H3. The van der Waals surface area contributed by atoms with Crippen LogP contribution < -0.4 is 10.9 Å². The lowest BCUT2D eigenvalue weighted by Gasteiger charge is -2.18. The molecular weight excluding hydrogens is 114 g/mol. The van der Waals surface area contributed by atoms with E-state index < -0.39 is 0 Å². The molecule has 1 aliphatic rings. The van der Waals surface area contributed by atoms with E-state index in [0.717, 1.165) is 0 Å². The predicted molar refractivity (Wildman–Crippen MR) is 38.0 cm³/mol. The summed E-state index contributed by atoms with van der Waals surface area (Å²) in [5, 5.41) is 0. The maximum absolute atomic E-state index is 3.99. The van der Waals surface area contributed by atoms with E-state index in [1.165, 1.54) is 0 Å². The molecule has 50 valence electrons. The van der Waals surface area contributed by atoms with E-state index in [4.69, 9.17) is 0 Å². The number of nitrogens with zero attached hydrogens (tertiary/aromatic N) is 1. The predicted octanol–water partition coefficient (Wildman–Crippen LogP) is 0.415. The Bertz CT molecular complexity index is 146. The van der Waals surface area contributed by atoms with Gasteiger partial charge in [0.25, 0.3) is 0 Å². The summed E-state index contributed by atoms with van der Waals surface area (Å²) in [6.45, 7) is 4.08. The van der Waals surface area contributed by atoms with Gasteiger partial charge in [0.05, 0.1) is 5.54 Å². The summed E-state index contributed by atoms with van der Waals surface area (Å²) >= 11 is 0. The van der Waals surface area contributed by atoms with Gasteiger partial charge in [0.15, 0.2) is 0 Å². The van der Waals surface area contributed by atoms with Crippen LogP contribution in [-0.4, -0.2) is 11.8 Å². The van der Waals surface area contributed by atoms with Crippen LogP contribution in [0.3, 0.4) is 0 Å². The zero-order valence-corrected chi connectivity index (χ0v) is 5.68. The first-order valence-corrected chi connectivity index (χ1v) is 2.93. The van der Waals surface area contributed by atoms with Crippen molar-refractivity contribution in [3.63, 3.8) is 0 Å². The van der Waals surface area contributed by atoms with E-state index >= 15 is 0 Å². The molecule has 1 aliphatic heterocycles. The maximum Gasteiger partial charge on any atom is 0.0664 e. The Labute approximate surface area is 54.8 Å². The molecule has 3 heteroatoms. The Balaban J connectivity index is 2.62. The molecule has 0 spiro atoms. The molecule has 0 aliphatic carbocycles. The smallest absolute Gasteiger partial charge is 0.0664 e. The summed E-state index contributed by atoms with van der Waals surface area (Å²) in [5.74, 6) is 0. The van der Waals surface area contributed by atoms with Crippen molar-refractivity contribution in [2.75, 3.05) is 0 Å². The highest BCUT2D eigenvalue weighted by atomic mass is 15.4.